The van der Waals surface area contributed by atoms with Crippen LogP contribution in [0.2, 0.25) is 0 Å². The van der Waals surface area contributed by atoms with E-state index in [1.807, 2.05) is 37.6 Å². The molecule has 84 valence electrons. The number of thiophene rings is 1. The summed E-state index contributed by atoms with van der Waals surface area (Å²) in [5, 5.41) is 2.57. The highest BCUT2D eigenvalue weighted by Crippen LogP contribution is 2.23. The molecule has 5 heteroatoms. The Morgan fingerprint density at radius 3 is 2.81 bits per heavy atom. The van der Waals surface area contributed by atoms with E-state index >= 15 is 0 Å². The molecule has 2 heterocycles. The van der Waals surface area contributed by atoms with Gasteiger partial charge in [0.05, 0.1) is 0 Å². The first-order chi connectivity index (χ1) is 7.65. The van der Waals surface area contributed by atoms with Crippen molar-refractivity contribution in [2.45, 2.75) is 6.92 Å². The van der Waals surface area contributed by atoms with E-state index in [4.69, 9.17) is 12.2 Å². The number of hydrogen-bond acceptors (Lipinski definition) is 3. The van der Waals surface area contributed by atoms with Gasteiger partial charge in [-0.25, -0.2) is 0 Å². The monoisotopic (exact) mass is 252 g/mol. The first kappa shape index (κ1) is 11.3. The Morgan fingerprint density at radius 2 is 2.31 bits per heavy atom. The Bertz CT molecular complexity index is 451. The Hall–Kier alpha value is -1.20. The largest absolute Gasteiger partial charge is 0.317 e. The van der Waals surface area contributed by atoms with E-state index in [2.05, 4.69) is 0 Å². The molecular formula is C11H12N2OS2. The van der Waals surface area contributed by atoms with E-state index in [1.54, 1.807) is 21.1 Å². The molecule has 0 unspecified atom stereocenters. The van der Waals surface area contributed by atoms with Crippen LogP contribution < -0.4 is 0 Å². The van der Waals surface area contributed by atoms with E-state index in [0.717, 1.165) is 4.88 Å². The van der Waals surface area contributed by atoms with Gasteiger partial charge in [0.2, 0.25) is 0 Å². The summed E-state index contributed by atoms with van der Waals surface area (Å²) in [5.41, 5.74) is 0.648. The third kappa shape index (κ3) is 1.76. The van der Waals surface area contributed by atoms with Crippen molar-refractivity contribution in [3.63, 3.8) is 0 Å². The maximum Gasteiger partial charge on any atom is 0.276 e. The molecule has 0 spiro atoms. The molecule has 1 aromatic heterocycles. The van der Waals surface area contributed by atoms with Crippen LogP contribution in [-0.4, -0.2) is 34.4 Å². The van der Waals surface area contributed by atoms with Crippen molar-refractivity contribution in [1.29, 1.82) is 0 Å². The molecular weight excluding hydrogens is 240 g/mol. The number of rotatable bonds is 2. The van der Waals surface area contributed by atoms with Gasteiger partial charge in [-0.1, -0.05) is 6.07 Å². The van der Waals surface area contributed by atoms with Gasteiger partial charge in [0.25, 0.3) is 5.91 Å². The number of thiocarbonyl (C=S) groups is 1. The molecule has 0 aromatic carbocycles. The number of hydrogen-bond donors (Lipinski definition) is 0. The molecule has 0 saturated carbocycles. The van der Waals surface area contributed by atoms with Gasteiger partial charge in [-0.3, -0.25) is 9.69 Å². The number of likely N-dealkylation sites (N-methyl/N-ethyl adjacent to an activating group) is 2. The number of amides is 1. The lowest BCUT2D eigenvalue weighted by molar-refractivity contribution is -0.122. The summed E-state index contributed by atoms with van der Waals surface area (Å²) in [6.45, 7) is 2.54. The topological polar surface area (TPSA) is 23.6 Å². The average molecular weight is 252 g/mol. The van der Waals surface area contributed by atoms with Gasteiger partial charge < -0.3 is 4.90 Å². The summed E-state index contributed by atoms with van der Waals surface area (Å²) >= 11 is 6.81. The number of carbonyl (C=O) groups excluding carboxylic acids is 1. The SMILES string of the molecule is CCN1C(=O)/C(=C/c2cccs2)N(C)C1=S. The smallest absolute Gasteiger partial charge is 0.276 e. The zero-order valence-electron chi connectivity index (χ0n) is 9.14. The lowest BCUT2D eigenvalue weighted by atomic mass is 10.3. The van der Waals surface area contributed by atoms with Crippen LogP contribution in [0.1, 0.15) is 11.8 Å². The third-order valence-electron chi connectivity index (χ3n) is 2.48. The molecule has 0 aliphatic carbocycles. The second kappa shape index (κ2) is 4.35. The van der Waals surface area contributed by atoms with Gasteiger partial charge in [0.15, 0.2) is 5.11 Å². The van der Waals surface area contributed by atoms with Gasteiger partial charge in [0.1, 0.15) is 5.70 Å². The zero-order chi connectivity index (χ0) is 11.7. The van der Waals surface area contributed by atoms with Crippen molar-refractivity contribution in [3.8, 4) is 0 Å². The van der Waals surface area contributed by atoms with E-state index in [0.29, 0.717) is 17.4 Å². The molecule has 2 rings (SSSR count). The Kier molecular flexibility index (Phi) is 3.07. The van der Waals surface area contributed by atoms with Crippen molar-refractivity contribution < 1.29 is 4.79 Å². The number of carbonyl (C=O) groups is 1. The summed E-state index contributed by atoms with van der Waals surface area (Å²) in [5.74, 6) is -0.0107. The Morgan fingerprint density at radius 1 is 1.56 bits per heavy atom. The lowest BCUT2D eigenvalue weighted by Crippen LogP contribution is -2.30. The maximum atomic E-state index is 12.0. The highest BCUT2D eigenvalue weighted by molar-refractivity contribution is 7.80. The van der Waals surface area contributed by atoms with Gasteiger partial charge >= 0.3 is 0 Å². The van der Waals surface area contributed by atoms with Crippen LogP contribution in [0.15, 0.2) is 23.2 Å². The lowest BCUT2D eigenvalue weighted by Gasteiger charge is -2.13. The predicted octanol–water partition coefficient (Wildman–Crippen LogP) is 2.17. The third-order valence-corrected chi connectivity index (χ3v) is 3.80. The average Bonchev–Trinajstić information content (AvgIpc) is 2.83. The number of nitrogens with zero attached hydrogens (tertiary/aromatic N) is 2. The first-order valence-corrected chi connectivity index (χ1v) is 6.28. The predicted molar refractivity (Wildman–Crippen MR) is 70.0 cm³/mol. The highest BCUT2D eigenvalue weighted by atomic mass is 32.1. The van der Waals surface area contributed by atoms with Crippen LogP contribution in [0.5, 0.6) is 0 Å². The Labute approximate surface area is 104 Å². The minimum Gasteiger partial charge on any atom is -0.317 e. The highest BCUT2D eigenvalue weighted by Gasteiger charge is 2.34. The molecule has 0 bridgehead atoms. The quantitative estimate of drug-likeness (QED) is 0.595. The van der Waals surface area contributed by atoms with Gasteiger partial charge in [0, 0.05) is 18.5 Å². The summed E-state index contributed by atoms with van der Waals surface area (Å²) in [7, 11) is 1.83. The fourth-order valence-electron chi connectivity index (χ4n) is 1.60. The van der Waals surface area contributed by atoms with Crippen molar-refractivity contribution in [2.75, 3.05) is 13.6 Å². The fourth-order valence-corrected chi connectivity index (χ4v) is 2.56. The molecule has 1 aliphatic rings. The van der Waals surface area contributed by atoms with E-state index in [-0.39, 0.29) is 5.91 Å². The summed E-state index contributed by atoms with van der Waals surface area (Å²) in [6, 6.07) is 3.95. The van der Waals surface area contributed by atoms with Crippen LogP contribution in [0, 0.1) is 0 Å². The van der Waals surface area contributed by atoms with Crippen LogP contribution in [0.25, 0.3) is 6.08 Å². The van der Waals surface area contributed by atoms with Crippen molar-refractivity contribution >= 4 is 40.7 Å². The molecule has 1 aromatic rings. The minimum atomic E-state index is -0.0107. The first-order valence-electron chi connectivity index (χ1n) is 5.00. The van der Waals surface area contributed by atoms with Gasteiger partial charge in [-0.05, 0) is 36.7 Å². The molecule has 1 amide bonds. The van der Waals surface area contributed by atoms with Crippen LogP contribution in [0.4, 0.5) is 0 Å². The normalized spacial score (nSPS) is 19.0. The van der Waals surface area contributed by atoms with Crippen LogP contribution in [-0.2, 0) is 4.79 Å². The zero-order valence-corrected chi connectivity index (χ0v) is 10.8. The molecule has 1 fully saturated rings. The molecule has 16 heavy (non-hydrogen) atoms. The van der Waals surface area contributed by atoms with Gasteiger partial charge in [-0.2, -0.15) is 0 Å². The molecule has 1 saturated heterocycles. The molecule has 3 nitrogen and oxygen atoms in total. The summed E-state index contributed by atoms with van der Waals surface area (Å²) in [4.78, 5) is 16.5. The van der Waals surface area contributed by atoms with Crippen molar-refractivity contribution in [1.82, 2.24) is 9.80 Å². The van der Waals surface area contributed by atoms with Crippen LogP contribution >= 0.6 is 23.6 Å². The molecule has 0 radical (unpaired) electrons. The maximum absolute atomic E-state index is 12.0. The molecule has 0 atom stereocenters. The minimum absolute atomic E-state index is 0.0107. The fraction of sp³-hybridized carbons (Fsp3) is 0.273. The standard InChI is InChI=1S/C11H12N2OS2/c1-3-13-10(14)9(12(2)11(13)15)7-8-5-4-6-16-8/h4-7H,3H2,1-2H3/b9-7-. The van der Waals surface area contributed by atoms with E-state index in [9.17, 15) is 4.79 Å². The van der Waals surface area contributed by atoms with Gasteiger partial charge in [-0.15, -0.1) is 11.3 Å². The second-order valence-corrected chi connectivity index (χ2v) is 4.78. The summed E-state index contributed by atoms with van der Waals surface area (Å²) < 4.78 is 0. The summed E-state index contributed by atoms with van der Waals surface area (Å²) in [6.07, 6.45) is 1.88. The van der Waals surface area contributed by atoms with E-state index in [1.165, 1.54) is 0 Å². The Balaban J connectivity index is 2.36. The molecule has 1 aliphatic heterocycles. The molecule has 0 N–H and O–H groups in total. The second-order valence-electron chi connectivity index (χ2n) is 3.44. The van der Waals surface area contributed by atoms with E-state index < -0.39 is 0 Å². The van der Waals surface area contributed by atoms with Crippen molar-refractivity contribution in [3.05, 3.63) is 28.1 Å². The van der Waals surface area contributed by atoms with Crippen LogP contribution in [0.3, 0.4) is 0 Å². The van der Waals surface area contributed by atoms with Crippen molar-refractivity contribution in [2.24, 2.45) is 0 Å².